The molecule has 0 bridgehead atoms. The highest BCUT2D eigenvalue weighted by molar-refractivity contribution is 6.07. The molecule has 0 spiro atoms. The van der Waals surface area contributed by atoms with Crippen LogP contribution < -0.4 is 10.1 Å². The Bertz CT molecular complexity index is 968. The van der Waals surface area contributed by atoms with E-state index in [1.165, 1.54) is 0 Å². The van der Waals surface area contributed by atoms with Crippen LogP contribution in [0.5, 0.6) is 5.75 Å². The molecule has 3 rings (SSSR count). The SMILES string of the molecule is CCC1=NN(Cc2ccccc2C)C(=O)[C@H]1CCNC(=O)c1ccc(C)c(OC)c1. The first-order valence-corrected chi connectivity index (χ1v) is 10.3. The van der Waals surface area contributed by atoms with Gasteiger partial charge < -0.3 is 10.1 Å². The number of benzene rings is 2. The predicted molar refractivity (Wildman–Crippen MR) is 118 cm³/mol. The van der Waals surface area contributed by atoms with Crippen molar-refractivity contribution < 1.29 is 14.3 Å². The van der Waals surface area contributed by atoms with Gasteiger partial charge >= 0.3 is 0 Å². The van der Waals surface area contributed by atoms with Crippen molar-refractivity contribution in [3.63, 3.8) is 0 Å². The Balaban J connectivity index is 1.60. The van der Waals surface area contributed by atoms with E-state index in [9.17, 15) is 9.59 Å². The third kappa shape index (κ3) is 4.70. The predicted octanol–water partition coefficient (Wildman–Crippen LogP) is 3.86. The number of ether oxygens (including phenoxy) is 1. The number of hydrazone groups is 1. The van der Waals surface area contributed by atoms with E-state index in [1.807, 2.05) is 51.1 Å². The molecule has 158 valence electrons. The number of carbonyl (C=O) groups is 2. The van der Waals surface area contributed by atoms with E-state index in [-0.39, 0.29) is 17.7 Å². The van der Waals surface area contributed by atoms with Crippen molar-refractivity contribution in [2.24, 2.45) is 11.0 Å². The lowest BCUT2D eigenvalue weighted by Gasteiger charge is -2.16. The largest absolute Gasteiger partial charge is 0.496 e. The Morgan fingerprint density at radius 1 is 1.17 bits per heavy atom. The minimum Gasteiger partial charge on any atom is -0.496 e. The number of hydrogen-bond donors (Lipinski definition) is 1. The number of nitrogens with zero attached hydrogens (tertiary/aromatic N) is 2. The summed E-state index contributed by atoms with van der Waals surface area (Å²) in [6.07, 6.45) is 1.24. The van der Waals surface area contributed by atoms with Gasteiger partial charge in [0.1, 0.15) is 5.75 Å². The summed E-state index contributed by atoms with van der Waals surface area (Å²) in [4.78, 5) is 25.4. The van der Waals surface area contributed by atoms with E-state index in [0.29, 0.717) is 37.2 Å². The molecule has 1 aliphatic rings. The summed E-state index contributed by atoms with van der Waals surface area (Å²) in [5, 5.41) is 9.05. The number of hydrogen-bond acceptors (Lipinski definition) is 4. The first-order valence-electron chi connectivity index (χ1n) is 10.3. The highest BCUT2D eigenvalue weighted by atomic mass is 16.5. The summed E-state index contributed by atoms with van der Waals surface area (Å²) < 4.78 is 5.29. The monoisotopic (exact) mass is 407 g/mol. The van der Waals surface area contributed by atoms with Gasteiger partial charge in [0.15, 0.2) is 0 Å². The summed E-state index contributed by atoms with van der Waals surface area (Å²) in [7, 11) is 1.59. The van der Waals surface area contributed by atoms with Gasteiger partial charge in [-0.1, -0.05) is 37.3 Å². The molecule has 0 radical (unpaired) electrons. The molecule has 2 amide bonds. The molecule has 1 heterocycles. The second-order valence-corrected chi connectivity index (χ2v) is 7.55. The fraction of sp³-hybridized carbons (Fsp3) is 0.375. The maximum absolute atomic E-state index is 12.9. The first kappa shape index (κ1) is 21.6. The second-order valence-electron chi connectivity index (χ2n) is 7.55. The highest BCUT2D eigenvalue weighted by Crippen LogP contribution is 2.24. The summed E-state index contributed by atoms with van der Waals surface area (Å²) in [6, 6.07) is 13.4. The van der Waals surface area contributed by atoms with Gasteiger partial charge in [0, 0.05) is 12.1 Å². The molecule has 1 atom stereocenters. The smallest absolute Gasteiger partial charge is 0.251 e. The number of amides is 2. The van der Waals surface area contributed by atoms with Crippen LogP contribution in [0.4, 0.5) is 0 Å². The average Bonchev–Trinajstić information content (AvgIpc) is 3.04. The molecule has 2 aromatic rings. The van der Waals surface area contributed by atoms with Crippen LogP contribution in [-0.4, -0.2) is 36.2 Å². The lowest BCUT2D eigenvalue weighted by atomic mass is 9.97. The fourth-order valence-corrected chi connectivity index (χ4v) is 3.66. The molecule has 1 aliphatic heterocycles. The summed E-state index contributed by atoms with van der Waals surface area (Å²) in [5.74, 6) is 0.222. The van der Waals surface area contributed by atoms with Crippen LogP contribution in [0.2, 0.25) is 0 Å². The van der Waals surface area contributed by atoms with Crippen molar-refractivity contribution >= 4 is 17.5 Å². The molecular weight excluding hydrogens is 378 g/mol. The van der Waals surface area contributed by atoms with Gasteiger partial charge in [-0.15, -0.1) is 0 Å². The molecule has 0 aromatic heterocycles. The third-order valence-electron chi connectivity index (χ3n) is 5.54. The Labute approximate surface area is 177 Å². The molecule has 6 nitrogen and oxygen atoms in total. The van der Waals surface area contributed by atoms with Gasteiger partial charge in [0.2, 0.25) is 0 Å². The van der Waals surface area contributed by atoms with Crippen molar-refractivity contribution in [1.29, 1.82) is 0 Å². The Hall–Kier alpha value is -3.15. The molecule has 30 heavy (non-hydrogen) atoms. The van der Waals surface area contributed by atoms with Crippen molar-refractivity contribution in [2.45, 2.75) is 40.2 Å². The fourth-order valence-electron chi connectivity index (χ4n) is 3.66. The third-order valence-corrected chi connectivity index (χ3v) is 5.54. The normalized spacial score (nSPS) is 15.9. The van der Waals surface area contributed by atoms with E-state index < -0.39 is 0 Å². The average molecular weight is 408 g/mol. The van der Waals surface area contributed by atoms with Crippen LogP contribution in [0.3, 0.4) is 0 Å². The van der Waals surface area contributed by atoms with E-state index in [0.717, 1.165) is 22.4 Å². The minimum atomic E-state index is -0.285. The number of carbonyl (C=O) groups excluding carboxylic acids is 2. The van der Waals surface area contributed by atoms with Crippen molar-refractivity contribution in [2.75, 3.05) is 13.7 Å². The zero-order valence-electron chi connectivity index (χ0n) is 18.1. The first-order chi connectivity index (χ1) is 14.4. The molecule has 1 N–H and O–H groups in total. The van der Waals surface area contributed by atoms with Crippen LogP contribution in [0, 0.1) is 19.8 Å². The van der Waals surface area contributed by atoms with Crippen LogP contribution in [-0.2, 0) is 11.3 Å². The second kappa shape index (κ2) is 9.57. The van der Waals surface area contributed by atoms with Gasteiger partial charge in [-0.25, -0.2) is 5.01 Å². The van der Waals surface area contributed by atoms with Gasteiger partial charge in [-0.2, -0.15) is 5.10 Å². The Morgan fingerprint density at radius 3 is 2.63 bits per heavy atom. The lowest BCUT2D eigenvalue weighted by Crippen LogP contribution is -2.32. The number of nitrogens with one attached hydrogen (secondary N) is 1. The zero-order valence-corrected chi connectivity index (χ0v) is 18.1. The summed E-state index contributed by atoms with van der Waals surface area (Å²) in [5.41, 5.74) is 4.62. The standard InChI is InChI=1S/C24H29N3O3/c1-5-21-20(24(29)27(26-21)15-19-9-7-6-8-16(19)2)12-13-25-23(28)18-11-10-17(3)22(14-18)30-4/h6-11,14,20H,5,12-13,15H2,1-4H3,(H,25,28)/t20-/m0/s1. The molecule has 0 saturated heterocycles. The highest BCUT2D eigenvalue weighted by Gasteiger charge is 2.34. The zero-order chi connectivity index (χ0) is 21.7. The van der Waals surface area contributed by atoms with Crippen molar-refractivity contribution in [3.8, 4) is 5.75 Å². The van der Waals surface area contributed by atoms with E-state index in [1.54, 1.807) is 24.3 Å². The van der Waals surface area contributed by atoms with Crippen LogP contribution in [0.15, 0.2) is 47.6 Å². The molecule has 0 saturated carbocycles. The maximum atomic E-state index is 12.9. The van der Waals surface area contributed by atoms with Crippen molar-refractivity contribution in [1.82, 2.24) is 10.3 Å². The molecule has 0 unspecified atom stereocenters. The van der Waals surface area contributed by atoms with E-state index in [4.69, 9.17) is 4.74 Å². The quantitative estimate of drug-likeness (QED) is 0.722. The number of rotatable bonds is 8. The summed E-state index contributed by atoms with van der Waals surface area (Å²) >= 11 is 0. The molecule has 0 fully saturated rings. The van der Waals surface area contributed by atoms with Crippen LogP contribution >= 0.6 is 0 Å². The number of aryl methyl sites for hydroxylation is 2. The molecule has 2 aromatic carbocycles. The van der Waals surface area contributed by atoms with Gasteiger partial charge in [0.05, 0.1) is 25.3 Å². The van der Waals surface area contributed by atoms with Gasteiger partial charge in [0.25, 0.3) is 11.8 Å². The van der Waals surface area contributed by atoms with Gasteiger partial charge in [-0.3, -0.25) is 9.59 Å². The van der Waals surface area contributed by atoms with Crippen molar-refractivity contribution in [3.05, 3.63) is 64.7 Å². The van der Waals surface area contributed by atoms with E-state index >= 15 is 0 Å². The molecule has 0 aliphatic carbocycles. The van der Waals surface area contributed by atoms with E-state index in [2.05, 4.69) is 10.4 Å². The van der Waals surface area contributed by atoms with Crippen LogP contribution in [0.25, 0.3) is 0 Å². The number of methoxy groups -OCH3 is 1. The molecular formula is C24H29N3O3. The lowest BCUT2D eigenvalue weighted by molar-refractivity contribution is -0.132. The van der Waals surface area contributed by atoms with Crippen LogP contribution in [0.1, 0.15) is 46.8 Å². The maximum Gasteiger partial charge on any atom is 0.251 e. The van der Waals surface area contributed by atoms with Gasteiger partial charge in [-0.05, 0) is 55.5 Å². The Kier molecular flexibility index (Phi) is 6.87. The Morgan fingerprint density at radius 2 is 1.93 bits per heavy atom. The minimum absolute atomic E-state index is 0.00126. The topological polar surface area (TPSA) is 71.0 Å². The molecule has 6 heteroatoms. The summed E-state index contributed by atoms with van der Waals surface area (Å²) in [6.45, 7) is 6.85.